The van der Waals surface area contributed by atoms with Crippen LogP contribution in [0.4, 0.5) is 5.82 Å². The molecular weight excluding hydrogens is 443 g/mol. The van der Waals surface area contributed by atoms with Gasteiger partial charge in [0.15, 0.2) is 6.23 Å². The van der Waals surface area contributed by atoms with E-state index in [0.717, 1.165) is 36.7 Å². The van der Waals surface area contributed by atoms with E-state index in [0.29, 0.717) is 0 Å². The van der Waals surface area contributed by atoms with Crippen LogP contribution in [0.2, 0.25) is 0 Å². The Morgan fingerprint density at radius 3 is 2.84 bits per heavy atom. The van der Waals surface area contributed by atoms with E-state index >= 15 is 0 Å². The maximum atomic E-state index is 13.2. The van der Waals surface area contributed by atoms with E-state index in [9.17, 15) is 19.3 Å². The van der Waals surface area contributed by atoms with Crippen LogP contribution in [-0.4, -0.2) is 57.2 Å². The minimum Gasteiger partial charge on any atom is -0.461 e. The summed E-state index contributed by atoms with van der Waals surface area (Å²) in [4.78, 5) is 28.3. The lowest BCUT2D eigenvalue weighted by Crippen LogP contribution is -2.50. The molecule has 1 saturated carbocycles. The molecule has 1 aliphatic carbocycles. The minimum absolute atomic E-state index is 0.0312. The highest BCUT2D eigenvalue weighted by atomic mass is 31.2. The van der Waals surface area contributed by atoms with Gasteiger partial charge < -0.3 is 20.3 Å². The molecule has 4 rings (SSSR count). The van der Waals surface area contributed by atoms with Crippen molar-refractivity contribution in [2.75, 3.05) is 12.3 Å². The number of anilines is 1. The predicted molar refractivity (Wildman–Crippen MR) is 111 cm³/mol. The topological polar surface area (TPSA) is 164 Å². The number of carbonyl (C=O) groups excluding carboxylic acids is 1. The zero-order valence-corrected chi connectivity index (χ0v) is 18.9. The third-order valence-corrected chi connectivity index (χ3v) is 7.72. The molecule has 0 unspecified atom stereocenters. The summed E-state index contributed by atoms with van der Waals surface area (Å²) >= 11 is 0. The summed E-state index contributed by atoms with van der Waals surface area (Å²) in [7, 11) is -3.98. The molecule has 1 aromatic heterocycles. The Labute approximate surface area is 185 Å². The Balaban J connectivity index is 1.44. The van der Waals surface area contributed by atoms with Crippen LogP contribution in [0.1, 0.15) is 52.2 Å². The summed E-state index contributed by atoms with van der Waals surface area (Å²) < 4.78 is 36.5. The van der Waals surface area contributed by atoms with Crippen molar-refractivity contribution in [1.82, 2.24) is 14.6 Å². The molecule has 12 nitrogen and oxygen atoms in total. The fourth-order valence-electron chi connectivity index (χ4n) is 4.30. The number of nitrogens with zero attached hydrogens (tertiary/aromatic N) is 2. The van der Waals surface area contributed by atoms with Crippen molar-refractivity contribution in [3.8, 4) is 0 Å². The summed E-state index contributed by atoms with van der Waals surface area (Å²) in [5, 5.41) is 13.7. The Morgan fingerprint density at radius 1 is 1.44 bits per heavy atom. The largest absolute Gasteiger partial charge is 0.461 e. The Hall–Kier alpha value is -1.82. The lowest BCUT2D eigenvalue weighted by Gasteiger charge is -2.36. The quantitative estimate of drug-likeness (QED) is 0.411. The summed E-state index contributed by atoms with van der Waals surface area (Å²) in [5.41, 5.74) is 3.06. The zero-order valence-electron chi connectivity index (χ0n) is 18.0. The van der Waals surface area contributed by atoms with Gasteiger partial charge in [-0.1, -0.05) is 6.42 Å². The third kappa shape index (κ3) is 4.61. The molecule has 13 heteroatoms. The van der Waals surface area contributed by atoms with E-state index in [4.69, 9.17) is 24.3 Å². The standard InChI is InChI=1S/C19H29N4O8P/c1-11(16(24)29-12-6-4-3-5-7-12)22-32(27)28-10-13-15(31-32)19(2,26)17(30-13)23-9-8-14(20)21-18(23)25/h8-9,11-13,15,17,26H,3-7,10H2,1-2H3,(H,22,27)(H2,20,21,25)/t11-,13+,15+,17+,19+,32-/m0/s1. The van der Waals surface area contributed by atoms with Crippen molar-refractivity contribution in [3.63, 3.8) is 0 Å². The number of ether oxygens (including phenoxy) is 2. The highest BCUT2D eigenvalue weighted by Gasteiger charge is 2.60. The smallest absolute Gasteiger partial charge is 0.406 e. The van der Waals surface area contributed by atoms with E-state index in [-0.39, 0.29) is 18.5 Å². The van der Waals surface area contributed by atoms with Crippen LogP contribution < -0.4 is 16.5 Å². The summed E-state index contributed by atoms with van der Waals surface area (Å²) in [5.74, 6) is -0.517. The van der Waals surface area contributed by atoms with Crippen molar-refractivity contribution in [2.24, 2.45) is 0 Å². The number of esters is 1. The van der Waals surface area contributed by atoms with E-state index in [1.165, 1.54) is 26.1 Å². The highest BCUT2D eigenvalue weighted by Crippen LogP contribution is 2.55. The minimum atomic E-state index is -3.98. The van der Waals surface area contributed by atoms with Gasteiger partial charge in [-0.05, 0) is 45.6 Å². The first-order valence-electron chi connectivity index (χ1n) is 10.7. The van der Waals surface area contributed by atoms with Crippen molar-refractivity contribution in [1.29, 1.82) is 0 Å². The van der Waals surface area contributed by atoms with Crippen LogP contribution in [0.15, 0.2) is 17.1 Å². The van der Waals surface area contributed by atoms with Crippen LogP contribution in [0.3, 0.4) is 0 Å². The van der Waals surface area contributed by atoms with Crippen LogP contribution in [0.25, 0.3) is 0 Å². The molecule has 3 aliphatic rings. The highest BCUT2D eigenvalue weighted by molar-refractivity contribution is 7.51. The van der Waals surface area contributed by atoms with Gasteiger partial charge in [-0.15, -0.1) is 0 Å². The van der Waals surface area contributed by atoms with Crippen LogP contribution in [0.5, 0.6) is 0 Å². The van der Waals surface area contributed by atoms with Crippen molar-refractivity contribution in [2.45, 2.75) is 82.1 Å². The molecule has 0 spiro atoms. The number of fused-ring (bicyclic) bond motifs is 1. The van der Waals surface area contributed by atoms with Crippen LogP contribution in [0, 0.1) is 0 Å². The van der Waals surface area contributed by atoms with E-state index < -0.39 is 49.5 Å². The van der Waals surface area contributed by atoms with Crippen molar-refractivity contribution < 1.29 is 33.0 Å². The second-order valence-corrected chi connectivity index (χ2v) is 10.4. The second-order valence-electron chi connectivity index (χ2n) is 8.66. The van der Waals surface area contributed by atoms with Gasteiger partial charge in [0.2, 0.25) is 0 Å². The molecule has 2 saturated heterocycles. The first kappa shape index (κ1) is 23.3. The summed E-state index contributed by atoms with van der Waals surface area (Å²) in [6.45, 7) is 2.74. The summed E-state index contributed by atoms with van der Waals surface area (Å²) in [6.07, 6.45) is 2.93. The van der Waals surface area contributed by atoms with Gasteiger partial charge >= 0.3 is 19.4 Å². The van der Waals surface area contributed by atoms with Gasteiger partial charge in [0.25, 0.3) is 0 Å². The van der Waals surface area contributed by atoms with E-state index in [1.807, 2.05) is 0 Å². The third-order valence-electron chi connectivity index (χ3n) is 6.02. The number of nitrogens with two attached hydrogens (primary N) is 1. The number of aromatic nitrogens is 2. The molecule has 178 valence electrons. The summed E-state index contributed by atoms with van der Waals surface area (Å²) in [6, 6.07) is 0.443. The van der Waals surface area contributed by atoms with E-state index in [1.54, 1.807) is 0 Å². The van der Waals surface area contributed by atoms with Crippen molar-refractivity contribution in [3.05, 3.63) is 22.7 Å². The second kappa shape index (κ2) is 8.85. The molecule has 1 aromatic rings. The number of nitrogen functional groups attached to an aromatic ring is 1. The maximum absolute atomic E-state index is 13.2. The van der Waals surface area contributed by atoms with Crippen LogP contribution in [-0.2, 0) is 27.9 Å². The molecule has 0 radical (unpaired) electrons. The van der Waals surface area contributed by atoms with Gasteiger partial charge in [-0.3, -0.25) is 18.4 Å². The molecule has 3 fully saturated rings. The van der Waals surface area contributed by atoms with Crippen LogP contribution >= 0.6 is 7.75 Å². The molecule has 0 aromatic carbocycles. The van der Waals surface area contributed by atoms with Gasteiger partial charge in [0.1, 0.15) is 35.8 Å². The number of hydrogen-bond donors (Lipinski definition) is 3. The number of carbonyl (C=O) groups is 1. The number of rotatable bonds is 5. The first-order chi connectivity index (χ1) is 15.1. The number of aliphatic hydroxyl groups is 1. The van der Waals surface area contributed by atoms with Gasteiger partial charge in [0.05, 0.1) is 6.61 Å². The fraction of sp³-hybridized carbons (Fsp3) is 0.737. The molecular formula is C19H29N4O8P. The zero-order chi connectivity index (χ0) is 23.1. The SMILES string of the molecule is C[C@H](N[P@]1(=O)OC[C@H]2O[C@@H](n3ccc(N)nc3=O)[C@](C)(O)[C@@H]2O1)C(=O)OC1CCCCC1. The molecule has 6 atom stereocenters. The fourth-order valence-corrected chi connectivity index (χ4v) is 6.07. The van der Waals surface area contributed by atoms with Gasteiger partial charge in [-0.2, -0.15) is 4.98 Å². The predicted octanol–water partition coefficient (Wildman–Crippen LogP) is 0.851. The van der Waals surface area contributed by atoms with Gasteiger partial charge in [0, 0.05) is 6.20 Å². The molecule has 4 N–H and O–H groups in total. The number of hydrogen-bond acceptors (Lipinski definition) is 10. The molecule has 2 aliphatic heterocycles. The lowest BCUT2D eigenvalue weighted by atomic mass is 9.96. The number of nitrogens with one attached hydrogen (secondary N) is 1. The molecule has 0 amide bonds. The molecule has 32 heavy (non-hydrogen) atoms. The maximum Gasteiger partial charge on any atom is 0.406 e. The first-order valence-corrected chi connectivity index (χ1v) is 12.3. The van der Waals surface area contributed by atoms with E-state index in [2.05, 4.69) is 10.1 Å². The normalized spacial score (nSPS) is 36.4. The average Bonchev–Trinajstić information content (AvgIpc) is 2.98. The van der Waals surface area contributed by atoms with Gasteiger partial charge in [-0.25, -0.2) is 14.4 Å². The Bertz CT molecular complexity index is 963. The Kier molecular flexibility index (Phi) is 6.45. The van der Waals surface area contributed by atoms with Crippen molar-refractivity contribution >= 4 is 19.5 Å². The average molecular weight is 472 g/mol. The Morgan fingerprint density at radius 2 is 2.16 bits per heavy atom. The molecule has 3 heterocycles. The monoisotopic (exact) mass is 472 g/mol. The molecule has 0 bridgehead atoms. The lowest BCUT2D eigenvalue weighted by molar-refractivity contribution is -0.152.